The molecule has 2 heteroatoms. The van der Waals surface area contributed by atoms with Gasteiger partial charge in [-0.3, -0.25) is 11.3 Å². The largest absolute Gasteiger partial charge is 0.271 e. The van der Waals surface area contributed by atoms with Crippen molar-refractivity contribution in [1.82, 2.24) is 5.43 Å². The second kappa shape index (κ2) is 5.87. The minimum Gasteiger partial charge on any atom is -0.271 e. The van der Waals surface area contributed by atoms with Crippen molar-refractivity contribution in [3.8, 4) is 0 Å². The topological polar surface area (TPSA) is 38.0 Å². The molecule has 110 valence electrons. The standard InChI is InChI=1S/C18H28N2/c1-2-14-8-10-15(11-9-14)17(20-19)18(12-13-18)16-6-4-3-5-7-16/h3-7,14-15,17,20H,2,8-13,19H2,1H3. The zero-order valence-electron chi connectivity index (χ0n) is 12.6. The van der Waals surface area contributed by atoms with Crippen molar-refractivity contribution in [2.24, 2.45) is 17.7 Å². The van der Waals surface area contributed by atoms with Gasteiger partial charge in [0.25, 0.3) is 0 Å². The second-order valence-electron chi connectivity index (χ2n) is 6.86. The summed E-state index contributed by atoms with van der Waals surface area (Å²) in [4.78, 5) is 0. The molecule has 1 atom stereocenters. The first-order valence-electron chi connectivity index (χ1n) is 8.32. The fourth-order valence-electron chi connectivity index (χ4n) is 4.36. The van der Waals surface area contributed by atoms with Crippen molar-refractivity contribution in [1.29, 1.82) is 0 Å². The van der Waals surface area contributed by atoms with Crippen molar-refractivity contribution in [2.75, 3.05) is 0 Å². The zero-order chi connectivity index (χ0) is 14.0. The lowest BCUT2D eigenvalue weighted by atomic mass is 9.72. The molecular weight excluding hydrogens is 244 g/mol. The third-order valence-electron chi connectivity index (χ3n) is 5.85. The van der Waals surface area contributed by atoms with Gasteiger partial charge in [-0.05, 0) is 43.1 Å². The van der Waals surface area contributed by atoms with E-state index in [0.29, 0.717) is 11.5 Å². The Morgan fingerprint density at radius 3 is 2.30 bits per heavy atom. The Labute approximate surface area is 123 Å². The average molecular weight is 272 g/mol. The molecule has 1 aromatic rings. The minimum absolute atomic E-state index is 0.319. The van der Waals surface area contributed by atoms with Crippen LogP contribution in [0.25, 0.3) is 0 Å². The Hall–Kier alpha value is -0.860. The van der Waals surface area contributed by atoms with Crippen molar-refractivity contribution < 1.29 is 0 Å². The van der Waals surface area contributed by atoms with Crippen LogP contribution >= 0.6 is 0 Å². The van der Waals surface area contributed by atoms with Crippen LogP contribution in [0.2, 0.25) is 0 Å². The minimum atomic E-state index is 0.319. The predicted octanol–water partition coefficient (Wildman–Crippen LogP) is 3.77. The van der Waals surface area contributed by atoms with Gasteiger partial charge in [0.15, 0.2) is 0 Å². The summed E-state index contributed by atoms with van der Waals surface area (Å²) >= 11 is 0. The first-order valence-corrected chi connectivity index (χ1v) is 8.32. The van der Waals surface area contributed by atoms with E-state index in [1.165, 1.54) is 50.5 Å². The van der Waals surface area contributed by atoms with Crippen LogP contribution in [0.3, 0.4) is 0 Å². The summed E-state index contributed by atoms with van der Waals surface area (Å²) in [5, 5.41) is 0. The maximum atomic E-state index is 5.98. The van der Waals surface area contributed by atoms with E-state index in [0.717, 1.165) is 11.8 Å². The summed E-state index contributed by atoms with van der Waals surface area (Å²) in [5.74, 6) is 7.69. The van der Waals surface area contributed by atoms with Crippen molar-refractivity contribution in [3.63, 3.8) is 0 Å². The number of nitrogens with one attached hydrogen (secondary N) is 1. The van der Waals surface area contributed by atoms with Gasteiger partial charge in [0, 0.05) is 11.5 Å². The van der Waals surface area contributed by atoms with Gasteiger partial charge in [0.05, 0.1) is 0 Å². The van der Waals surface area contributed by atoms with Crippen LogP contribution in [-0.2, 0) is 5.41 Å². The molecule has 2 aliphatic carbocycles. The third kappa shape index (κ3) is 2.51. The summed E-state index contributed by atoms with van der Waals surface area (Å²) in [5.41, 5.74) is 5.01. The lowest BCUT2D eigenvalue weighted by Crippen LogP contribution is -2.50. The van der Waals surface area contributed by atoms with Gasteiger partial charge in [0.1, 0.15) is 0 Å². The average Bonchev–Trinajstić information content (AvgIpc) is 3.31. The molecule has 0 bridgehead atoms. The van der Waals surface area contributed by atoms with Crippen LogP contribution in [-0.4, -0.2) is 6.04 Å². The van der Waals surface area contributed by atoms with Crippen LogP contribution in [0.1, 0.15) is 57.4 Å². The maximum absolute atomic E-state index is 5.98. The van der Waals surface area contributed by atoms with Gasteiger partial charge in [-0.25, -0.2) is 0 Å². The molecule has 0 spiro atoms. The maximum Gasteiger partial charge on any atom is 0.0335 e. The molecule has 0 amide bonds. The normalized spacial score (nSPS) is 29.9. The van der Waals surface area contributed by atoms with Gasteiger partial charge in [0.2, 0.25) is 0 Å². The molecule has 3 rings (SSSR count). The highest BCUT2D eigenvalue weighted by atomic mass is 15.2. The summed E-state index contributed by atoms with van der Waals surface area (Å²) in [6.07, 6.45) is 9.41. The third-order valence-corrected chi connectivity index (χ3v) is 5.85. The Morgan fingerprint density at radius 1 is 1.15 bits per heavy atom. The van der Waals surface area contributed by atoms with Crippen molar-refractivity contribution in [3.05, 3.63) is 35.9 Å². The monoisotopic (exact) mass is 272 g/mol. The van der Waals surface area contributed by atoms with Crippen molar-refractivity contribution in [2.45, 2.75) is 63.3 Å². The van der Waals surface area contributed by atoms with E-state index in [2.05, 4.69) is 42.7 Å². The van der Waals surface area contributed by atoms with Crippen LogP contribution in [0.5, 0.6) is 0 Å². The molecule has 20 heavy (non-hydrogen) atoms. The molecule has 2 saturated carbocycles. The first-order chi connectivity index (χ1) is 9.80. The lowest BCUT2D eigenvalue weighted by Gasteiger charge is -2.38. The predicted molar refractivity (Wildman–Crippen MR) is 84.2 cm³/mol. The summed E-state index contributed by atoms with van der Waals surface area (Å²) in [6, 6.07) is 11.5. The Bertz CT molecular complexity index is 416. The van der Waals surface area contributed by atoms with E-state index < -0.39 is 0 Å². The smallest absolute Gasteiger partial charge is 0.0335 e. The van der Waals surface area contributed by atoms with Crippen LogP contribution < -0.4 is 11.3 Å². The quantitative estimate of drug-likeness (QED) is 0.632. The molecule has 2 fully saturated rings. The van der Waals surface area contributed by atoms with E-state index in [-0.39, 0.29) is 0 Å². The van der Waals surface area contributed by atoms with Crippen LogP contribution in [0, 0.1) is 11.8 Å². The van der Waals surface area contributed by atoms with Gasteiger partial charge in [-0.1, -0.05) is 56.5 Å². The highest BCUT2D eigenvalue weighted by Gasteiger charge is 2.52. The molecule has 0 aliphatic heterocycles. The fourth-order valence-corrected chi connectivity index (χ4v) is 4.36. The summed E-state index contributed by atoms with van der Waals surface area (Å²) in [6.45, 7) is 2.33. The van der Waals surface area contributed by atoms with E-state index in [9.17, 15) is 0 Å². The molecule has 2 nitrogen and oxygen atoms in total. The SMILES string of the molecule is CCC1CCC(C(NN)C2(c3ccccc3)CC2)CC1. The number of hydrogen-bond donors (Lipinski definition) is 2. The molecule has 1 aromatic carbocycles. The second-order valence-corrected chi connectivity index (χ2v) is 6.86. The Kier molecular flexibility index (Phi) is 4.13. The molecule has 0 radical (unpaired) electrons. The zero-order valence-corrected chi connectivity index (χ0v) is 12.6. The molecule has 0 aromatic heterocycles. The molecule has 0 saturated heterocycles. The van der Waals surface area contributed by atoms with E-state index in [1.807, 2.05) is 0 Å². The highest BCUT2D eigenvalue weighted by Crippen LogP contribution is 2.54. The summed E-state index contributed by atoms with van der Waals surface area (Å²) < 4.78 is 0. The molecule has 2 aliphatic rings. The van der Waals surface area contributed by atoms with Crippen LogP contribution in [0.15, 0.2) is 30.3 Å². The van der Waals surface area contributed by atoms with Gasteiger partial charge >= 0.3 is 0 Å². The molecule has 3 N–H and O–H groups in total. The lowest BCUT2D eigenvalue weighted by molar-refractivity contribution is 0.192. The Balaban J connectivity index is 1.74. The summed E-state index contributed by atoms with van der Waals surface area (Å²) in [7, 11) is 0. The fraction of sp³-hybridized carbons (Fsp3) is 0.667. The molecule has 0 heterocycles. The molecular formula is C18H28N2. The first kappa shape index (κ1) is 14.1. The number of hydrazine groups is 1. The number of rotatable bonds is 5. The Morgan fingerprint density at radius 2 is 1.80 bits per heavy atom. The van der Waals surface area contributed by atoms with Gasteiger partial charge in [-0.15, -0.1) is 0 Å². The number of benzene rings is 1. The molecule has 1 unspecified atom stereocenters. The van der Waals surface area contributed by atoms with Crippen molar-refractivity contribution >= 4 is 0 Å². The highest BCUT2D eigenvalue weighted by molar-refractivity contribution is 5.34. The number of hydrogen-bond acceptors (Lipinski definition) is 2. The van der Waals surface area contributed by atoms with Crippen LogP contribution in [0.4, 0.5) is 0 Å². The van der Waals surface area contributed by atoms with E-state index in [1.54, 1.807) is 0 Å². The van der Waals surface area contributed by atoms with E-state index in [4.69, 9.17) is 5.84 Å². The van der Waals surface area contributed by atoms with Gasteiger partial charge < -0.3 is 0 Å². The van der Waals surface area contributed by atoms with Gasteiger partial charge in [-0.2, -0.15) is 0 Å². The van der Waals surface area contributed by atoms with E-state index >= 15 is 0 Å². The number of nitrogens with two attached hydrogens (primary N) is 1.